The lowest BCUT2D eigenvalue weighted by molar-refractivity contribution is -0.133. The van der Waals surface area contributed by atoms with E-state index in [1.807, 2.05) is 30.0 Å². The Balaban J connectivity index is 1.68. The molecule has 4 aliphatic rings. The molecule has 4 heteroatoms. The fourth-order valence-electron chi connectivity index (χ4n) is 5.88. The van der Waals surface area contributed by atoms with Crippen molar-refractivity contribution >= 4 is 11.6 Å². The SMILES string of the molecule is CC[C@]12O[C@@H]3[C@H](O)[C@H]4C[C@H]3[C@H]1[C@H]4C(=O)N2c1cccc(C)c1. The molecule has 2 saturated carbocycles. The van der Waals surface area contributed by atoms with Gasteiger partial charge in [0.1, 0.15) is 0 Å². The molecule has 2 aliphatic carbocycles. The number of carbonyl (C=O) groups is 1. The minimum atomic E-state index is -0.545. The number of rotatable bonds is 2. The number of carbonyl (C=O) groups excluding carboxylic acids is 1. The first-order valence-corrected chi connectivity index (χ1v) is 8.35. The molecule has 0 spiro atoms. The predicted octanol–water partition coefficient (Wildman–Crippen LogP) is 2.09. The fraction of sp³-hybridized carbons (Fsp3) is 0.611. The van der Waals surface area contributed by atoms with Crippen molar-refractivity contribution in [1.82, 2.24) is 0 Å². The lowest BCUT2D eigenvalue weighted by Gasteiger charge is -2.38. The molecule has 0 aromatic heterocycles. The lowest BCUT2D eigenvalue weighted by atomic mass is 9.76. The van der Waals surface area contributed by atoms with Crippen LogP contribution in [0.3, 0.4) is 0 Å². The molecule has 1 aromatic carbocycles. The van der Waals surface area contributed by atoms with Crippen molar-refractivity contribution in [2.75, 3.05) is 4.90 Å². The minimum absolute atomic E-state index is 0.0563. The molecule has 4 nitrogen and oxygen atoms in total. The van der Waals surface area contributed by atoms with Crippen molar-refractivity contribution in [2.24, 2.45) is 23.7 Å². The van der Waals surface area contributed by atoms with Gasteiger partial charge in [-0.1, -0.05) is 19.1 Å². The van der Waals surface area contributed by atoms with Crippen molar-refractivity contribution < 1.29 is 14.6 Å². The summed E-state index contributed by atoms with van der Waals surface area (Å²) in [6.07, 6.45) is 1.20. The van der Waals surface area contributed by atoms with Crippen LogP contribution < -0.4 is 4.90 Å². The van der Waals surface area contributed by atoms with Crippen molar-refractivity contribution in [3.63, 3.8) is 0 Å². The maximum atomic E-state index is 13.2. The fourth-order valence-corrected chi connectivity index (χ4v) is 5.88. The van der Waals surface area contributed by atoms with Gasteiger partial charge in [-0.25, -0.2) is 0 Å². The van der Waals surface area contributed by atoms with Crippen LogP contribution >= 0.6 is 0 Å². The summed E-state index contributed by atoms with van der Waals surface area (Å²) in [6.45, 7) is 4.14. The summed E-state index contributed by atoms with van der Waals surface area (Å²) < 4.78 is 6.41. The van der Waals surface area contributed by atoms with Gasteiger partial charge >= 0.3 is 0 Å². The Morgan fingerprint density at radius 2 is 2.23 bits per heavy atom. The molecule has 7 atom stereocenters. The Hall–Kier alpha value is -1.39. The van der Waals surface area contributed by atoms with Crippen LogP contribution in [0, 0.1) is 30.6 Å². The summed E-state index contributed by atoms with van der Waals surface area (Å²) in [6, 6.07) is 8.11. The molecule has 2 bridgehead atoms. The van der Waals surface area contributed by atoms with Gasteiger partial charge in [0.15, 0.2) is 5.72 Å². The standard InChI is InChI=1S/C18H21NO3/c1-3-18-14-12-8-11(15(20)16(12)22-18)13(14)17(21)19(18)10-6-4-5-9(2)7-10/h4-7,11-16,20H,3,8H2,1-2H3/t11-,12-,13-,14-,15+,16-,18-/m0/s1. The molecule has 0 unspecified atom stereocenters. The summed E-state index contributed by atoms with van der Waals surface area (Å²) >= 11 is 0. The van der Waals surface area contributed by atoms with Gasteiger partial charge in [0.2, 0.25) is 5.91 Å². The summed E-state index contributed by atoms with van der Waals surface area (Å²) in [7, 11) is 0. The van der Waals surface area contributed by atoms with Crippen molar-refractivity contribution in [3.8, 4) is 0 Å². The van der Waals surface area contributed by atoms with Crippen LogP contribution in [0.5, 0.6) is 0 Å². The largest absolute Gasteiger partial charge is 0.390 e. The van der Waals surface area contributed by atoms with E-state index in [1.165, 1.54) is 0 Å². The van der Waals surface area contributed by atoms with Crippen molar-refractivity contribution in [3.05, 3.63) is 29.8 Å². The summed E-state index contributed by atoms with van der Waals surface area (Å²) in [5.41, 5.74) is 1.54. The summed E-state index contributed by atoms with van der Waals surface area (Å²) in [5, 5.41) is 10.5. The van der Waals surface area contributed by atoms with E-state index >= 15 is 0 Å². The van der Waals surface area contributed by atoms with E-state index in [9.17, 15) is 9.90 Å². The summed E-state index contributed by atoms with van der Waals surface area (Å²) in [4.78, 5) is 15.1. The Kier molecular flexibility index (Phi) is 2.33. The second-order valence-corrected chi connectivity index (χ2v) is 7.40. The van der Waals surface area contributed by atoms with E-state index < -0.39 is 11.8 Å². The topological polar surface area (TPSA) is 49.8 Å². The predicted molar refractivity (Wildman–Crippen MR) is 81.1 cm³/mol. The highest BCUT2D eigenvalue weighted by molar-refractivity contribution is 6.00. The van der Waals surface area contributed by atoms with Crippen LogP contribution in [0.15, 0.2) is 24.3 Å². The van der Waals surface area contributed by atoms with Gasteiger partial charge in [0.25, 0.3) is 0 Å². The smallest absolute Gasteiger partial charge is 0.233 e. The molecular weight excluding hydrogens is 278 g/mol. The number of anilines is 1. The Bertz CT molecular complexity index is 674. The molecule has 2 heterocycles. The highest BCUT2D eigenvalue weighted by Crippen LogP contribution is 2.68. The average Bonchev–Trinajstić information content (AvgIpc) is 3.15. The number of fused-ring (bicyclic) bond motifs is 2. The second-order valence-electron chi connectivity index (χ2n) is 7.40. The zero-order valence-corrected chi connectivity index (χ0v) is 12.9. The van der Waals surface area contributed by atoms with Crippen LogP contribution in [0.2, 0.25) is 0 Å². The maximum absolute atomic E-state index is 13.2. The van der Waals surface area contributed by atoms with E-state index in [0.29, 0.717) is 5.92 Å². The van der Waals surface area contributed by atoms with Gasteiger partial charge in [-0.3, -0.25) is 9.69 Å². The van der Waals surface area contributed by atoms with E-state index in [4.69, 9.17) is 4.74 Å². The van der Waals surface area contributed by atoms with E-state index in [-0.39, 0.29) is 29.8 Å². The number of nitrogens with zero attached hydrogens (tertiary/aromatic N) is 1. The second kappa shape index (κ2) is 3.92. The van der Waals surface area contributed by atoms with Crippen LogP contribution in [0.4, 0.5) is 5.69 Å². The Morgan fingerprint density at radius 3 is 2.95 bits per heavy atom. The zero-order valence-electron chi connectivity index (χ0n) is 12.9. The highest BCUT2D eigenvalue weighted by atomic mass is 16.6. The molecule has 5 rings (SSSR count). The molecule has 4 fully saturated rings. The van der Waals surface area contributed by atoms with E-state index in [1.54, 1.807) is 0 Å². The van der Waals surface area contributed by atoms with Gasteiger partial charge in [-0.05, 0) is 49.3 Å². The molecule has 1 aromatic rings. The number of hydrogen-bond acceptors (Lipinski definition) is 3. The zero-order chi connectivity index (χ0) is 15.2. The van der Waals surface area contributed by atoms with Gasteiger partial charge < -0.3 is 9.84 Å². The third-order valence-corrected chi connectivity index (χ3v) is 6.56. The number of aliphatic hydroxyl groups is 1. The first-order valence-electron chi connectivity index (χ1n) is 8.35. The number of ether oxygens (including phenoxy) is 1. The van der Waals surface area contributed by atoms with Gasteiger partial charge in [0.05, 0.1) is 18.1 Å². The maximum Gasteiger partial charge on any atom is 0.233 e. The van der Waals surface area contributed by atoms with Crippen LogP contribution in [0.1, 0.15) is 25.3 Å². The minimum Gasteiger partial charge on any atom is -0.390 e. The number of benzene rings is 1. The van der Waals surface area contributed by atoms with E-state index in [2.05, 4.69) is 13.0 Å². The highest BCUT2D eigenvalue weighted by Gasteiger charge is 2.77. The average molecular weight is 299 g/mol. The first-order chi connectivity index (χ1) is 10.6. The Morgan fingerprint density at radius 1 is 1.41 bits per heavy atom. The van der Waals surface area contributed by atoms with Crippen LogP contribution in [0.25, 0.3) is 0 Å². The number of aryl methyl sites for hydroxylation is 1. The van der Waals surface area contributed by atoms with Gasteiger partial charge in [0, 0.05) is 11.6 Å². The molecular formula is C18H21NO3. The van der Waals surface area contributed by atoms with Crippen LogP contribution in [-0.4, -0.2) is 28.9 Å². The normalized spacial score (nSPS) is 47.8. The monoisotopic (exact) mass is 299 g/mol. The third-order valence-electron chi connectivity index (χ3n) is 6.56. The molecule has 1 amide bonds. The van der Waals surface area contributed by atoms with Gasteiger partial charge in [-0.15, -0.1) is 0 Å². The molecule has 2 aliphatic heterocycles. The summed E-state index contributed by atoms with van der Waals surface area (Å²) in [5.74, 6) is 0.796. The van der Waals surface area contributed by atoms with E-state index in [0.717, 1.165) is 24.1 Å². The lowest BCUT2D eigenvalue weighted by Crippen LogP contribution is -2.50. The van der Waals surface area contributed by atoms with Crippen molar-refractivity contribution in [2.45, 2.75) is 44.6 Å². The molecule has 2 saturated heterocycles. The van der Waals surface area contributed by atoms with Gasteiger partial charge in [-0.2, -0.15) is 0 Å². The molecule has 1 N–H and O–H groups in total. The molecule has 0 radical (unpaired) electrons. The number of aliphatic hydroxyl groups excluding tert-OH is 1. The number of hydrogen-bond donors (Lipinski definition) is 1. The quantitative estimate of drug-likeness (QED) is 0.910. The first kappa shape index (κ1) is 13.1. The Labute approximate surface area is 130 Å². The molecule has 116 valence electrons. The van der Waals surface area contributed by atoms with Crippen LogP contribution in [-0.2, 0) is 9.53 Å². The van der Waals surface area contributed by atoms with Crippen molar-refractivity contribution in [1.29, 1.82) is 0 Å². The molecule has 22 heavy (non-hydrogen) atoms. The third kappa shape index (κ3) is 1.23. The number of amides is 1.